The smallest absolute Gasteiger partial charge is 0.424 e. The first-order valence-corrected chi connectivity index (χ1v) is 10.8. The molecule has 7 nitrogen and oxygen atoms in total. The Labute approximate surface area is 193 Å². The van der Waals surface area contributed by atoms with E-state index in [2.05, 4.69) is 5.16 Å². The fourth-order valence-electron chi connectivity index (χ4n) is 3.56. The zero-order chi connectivity index (χ0) is 22.2. The Morgan fingerprint density at radius 1 is 1.16 bits per heavy atom. The average Bonchev–Trinajstić information content (AvgIpc) is 3.51. The number of carboxylic acid groups (broad SMARTS) is 1. The van der Waals surface area contributed by atoms with Gasteiger partial charge in [0, 0.05) is 5.56 Å². The van der Waals surface area contributed by atoms with Crippen LogP contribution in [0.5, 0.6) is 0 Å². The topological polar surface area (TPSA) is 92.9 Å². The van der Waals surface area contributed by atoms with E-state index in [1.807, 2.05) is 60.1 Å². The largest absolute Gasteiger partial charge is 0.481 e. The lowest BCUT2D eigenvalue weighted by Gasteiger charge is -2.19. The summed E-state index contributed by atoms with van der Waals surface area (Å²) in [5, 5.41) is 13.5. The van der Waals surface area contributed by atoms with Gasteiger partial charge in [0.1, 0.15) is 17.5 Å². The van der Waals surface area contributed by atoms with Crippen LogP contribution in [0.4, 0.5) is 10.5 Å². The van der Waals surface area contributed by atoms with Gasteiger partial charge in [0.2, 0.25) is 0 Å². The monoisotopic (exact) mass is 532 g/mol. The van der Waals surface area contributed by atoms with E-state index in [0.717, 1.165) is 11.1 Å². The van der Waals surface area contributed by atoms with Gasteiger partial charge >= 0.3 is 12.1 Å². The Morgan fingerprint density at radius 2 is 1.81 bits per heavy atom. The highest BCUT2D eigenvalue weighted by molar-refractivity contribution is 14.1. The van der Waals surface area contributed by atoms with Crippen molar-refractivity contribution in [3.8, 4) is 11.3 Å². The average molecular weight is 532 g/mol. The lowest BCUT2D eigenvalue weighted by atomic mass is 9.95. The molecule has 31 heavy (non-hydrogen) atoms. The second-order valence-electron chi connectivity index (χ2n) is 7.63. The van der Waals surface area contributed by atoms with Gasteiger partial charge in [-0.2, -0.15) is 0 Å². The predicted octanol–water partition coefficient (Wildman–Crippen LogP) is 5.82. The number of carboxylic acids is 1. The summed E-state index contributed by atoms with van der Waals surface area (Å²) >= 11 is 1.88. The van der Waals surface area contributed by atoms with Crippen molar-refractivity contribution < 1.29 is 24.0 Å². The first-order valence-electron chi connectivity index (χ1n) is 9.85. The zero-order valence-electron chi connectivity index (χ0n) is 17.0. The molecule has 1 saturated carbocycles. The Bertz CT molecular complexity index is 1110. The van der Waals surface area contributed by atoms with Crippen LogP contribution in [0, 0.1) is 6.92 Å². The lowest BCUT2D eigenvalue weighted by Crippen LogP contribution is -2.23. The molecule has 0 bridgehead atoms. The molecule has 160 valence electrons. The van der Waals surface area contributed by atoms with E-state index in [9.17, 15) is 14.7 Å². The van der Waals surface area contributed by atoms with Crippen LogP contribution in [-0.4, -0.2) is 22.3 Å². The van der Waals surface area contributed by atoms with Crippen molar-refractivity contribution in [3.63, 3.8) is 0 Å². The zero-order valence-corrected chi connectivity index (χ0v) is 19.2. The highest BCUT2D eigenvalue weighted by Gasteiger charge is 2.51. The minimum absolute atomic E-state index is 0.417. The second kappa shape index (κ2) is 8.33. The Balaban J connectivity index is 1.56. The number of ether oxygens (including phenoxy) is 1. The number of hydrogen-bond donors (Lipinski definition) is 1. The van der Waals surface area contributed by atoms with E-state index in [-0.39, 0.29) is 0 Å². The fourth-order valence-corrected chi connectivity index (χ4v) is 4.24. The number of aryl methyl sites for hydroxylation is 1. The molecule has 1 aliphatic rings. The van der Waals surface area contributed by atoms with Crippen molar-refractivity contribution in [1.29, 1.82) is 0 Å². The summed E-state index contributed by atoms with van der Waals surface area (Å²) in [6, 6.07) is 16.7. The van der Waals surface area contributed by atoms with E-state index < -0.39 is 23.6 Å². The molecule has 0 aliphatic heterocycles. The van der Waals surface area contributed by atoms with Crippen molar-refractivity contribution in [2.45, 2.75) is 38.2 Å². The molecule has 1 N–H and O–H groups in total. The first-order chi connectivity index (χ1) is 14.8. The van der Waals surface area contributed by atoms with E-state index in [1.54, 1.807) is 31.2 Å². The number of benzene rings is 2. The van der Waals surface area contributed by atoms with Gasteiger partial charge in [0.15, 0.2) is 5.76 Å². The first kappa shape index (κ1) is 21.4. The normalized spacial score (nSPS) is 15.2. The number of amides is 1. The Kier molecular flexibility index (Phi) is 5.74. The van der Waals surface area contributed by atoms with Gasteiger partial charge in [-0.25, -0.2) is 7.91 Å². The highest BCUT2D eigenvalue weighted by atomic mass is 127. The molecule has 8 heteroatoms. The number of aromatic nitrogens is 1. The van der Waals surface area contributed by atoms with Crippen LogP contribution in [0.2, 0.25) is 0 Å². The number of halogens is 1. The maximum atomic E-state index is 12.8. The van der Waals surface area contributed by atoms with Crippen molar-refractivity contribution in [1.82, 2.24) is 5.16 Å². The summed E-state index contributed by atoms with van der Waals surface area (Å²) < 4.78 is 12.5. The molecule has 4 rings (SSSR count). The molecule has 0 radical (unpaired) electrons. The number of hydrogen-bond acceptors (Lipinski definition) is 5. The summed E-state index contributed by atoms with van der Waals surface area (Å²) in [4.78, 5) is 24.4. The molecule has 0 spiro atoms. The molecule has 1 atom stereocenters. The Morgan fingerprint density at radius 3 is 2.39 bits per heavy atom. The molecule has 1 fully saturated rings. The van der Waals surface area contributed by atoms with Crippen LogP contribution in [-0.2, 0) is 14.9 Å². The van der Waals surface area contributed by atoms with E-state index >= 15 is 0 Å². The molecular weight excluding hydrogens is 511 g/mol. The summed E-state index contributed by atoms with van der Waals surface area (Å²) in [6.45, 7) is 3.56. The Hall–Kier alpha value is -2.88. The number of nitrogens with zero attached hydrogens (tertiary/aromatic N) is 2. The van der Waals surface area contributed by atoms with Gasteiger partial charge in [-0.15, -0.1) is 0 Å². The van der Waals surface area contributed by atoms with Crippen LogP contribution < -0.4 is 3.11 Å². The van der Waals surface area contributed by atoms with Gasteiger partial charge in [0.25, 0.3) is 0 Å². The van der Waals surface area contributed by atoms with Crippen LogP contribution in [0.25, 0.3) is 11.3 Å². The van der Waals surface area contributed by atoms with Crippen LogP contribution >= 0.6 is 22.9 Å². The number of anilines is 1. The number of carbonyl (C=O) groups is 2. The summed E-state index contributed by atoms with van der Waals surface area (Å²) in [6.07, 6.45) is 0.325. The molecule has 0 unspecified atom stereocenters. The predicted molar refractivity (Wildman–Crippen MR) is 123 cm³/mol. The van der Waals surface area contributed by atoms with Gasteiger partial charge < -0.3 is 14.4 Å². The molecular formula is C23H21IN2O5. The van der Waals surface area contributed by atoms with Crippen LogP contribution in [0.3, 0.4) is 0 Å². The van der Waals surface area contributed by atoms with Crippen molar-refractivity contribution in [2.24, 2.45) is 0 Å². The van der Waals surface area contributed by atoms with Crippen molar-refractivity contribution in [2.75, 3.05) is 3.11 Å². The maximum Gasteiger partial charge on any atom is 0.424 e. The number of rotatable bonds is 6. The third-order valence-corrected chi connectivity index (χ3v) is 6.47. The fraction of sp³-hybridized carbons (Fsp3) is 0.261. The molecule has 1 heterocycles. The summed E-state index contributed by atoms with van der Waals surface area (Å²) in [7, 11) is 0. The molecule has 1 aromatic heterocycles. The minimum atomic E-state index is -0.801. The highest BCUT2D eigenvalue weighted by Crippen LogP contribution is 2.49. The third kappa shape index (κ3) is 4.04. The van der Waals surface area contributed by atoms with Crippen LogP contribution in [0.1, 0.15) is 42.7 Å². The molecule has 1 aliphatic carbocycles. The van der Waals surface area contributed by atoms with Gasteiger partial charge in [0.05, 0.1) is 28.3 Å². The molecule has 1 amide bonds. The van der Waals surface area contributed by atoms with Gasteiger partial charge in [-0.3, -0.25) is 4.79 Å². The standard InChI is InChI=1S/C23H21IN2O5/c1-14-19(26(24)22(29)30-15(2)16-6-4-3-5-7-16)20(31-25-14)17-8-10-18(11-9-17)23(12-13-23)21(27)28/h3-11,15H,12-13H2,1-2H3,(H,27,28)/t15-/m1/s1. The van der Waals surface area contributed by atoms with Gasteiger partial charge in [-0.05, 0) is 37.8 Å². The van der Waals surface area contributed by atoms with E-state index in [4.69, 9.17) is 9.26 Å². The van der Waals surface area contributed by atoms with Crippen molar-refractivity contribution in [3.05, 3.63) is 71.4 Å². The number of aliphatic carboxylic acids is 1. The quantitative estimate of drug-likeness (QED) is 0.318. The summed E-state index contributed by atoms with van der Waals surface area (Å²) in [5.74, 6) is -0.381. The number of carbonyl (C=O) groups excluding carboxylic acids is 1. The molecule has 2 aromatic carbocycles. The van der Waals surface area contributed by atoms with E-state index in [1.165, 1.54) is 3.11 Å². The molecule has 0 saturated heterocycles. The van der Waals surface area contributed by atoms with Crippen molar-refractivity contribution >= 4 is 40.6 Å². The minimum Gasteiger partial charge on any atom is -0.481 e. The maximum absolute atomic E-state index is 12.8. The SMILES string of the molecule is Cc1noc(-c2ccc(C3(C(=O)O)CC3)cc2)c1N(I)C(=O)O[C@H](C)c1ccccc1. The van der Waals surface area contributed by atoms with Crippen LogP contribution in [0.15, 0.2) is 59.1 Å². The van der Waals surface area contributed by atoms with E-state index in [0.29, 0.717) is 35.5 Å². The second-order valence-corrected chi connectivity index (χ2v) is 8.59. The van der Waals surface area contributed by atoms with Gasteiger partial charge in [-0.1, -0.05) is 59.8 Å². The molecule has 3 aromatic rings. The summed E-state index contributed by atoms with van der Waals surface area (Å²) in [5.41, 5.74) is 2.63. The lowest BCUT2D eigenvalue weighted by molar-refractivity contribution is -0.140. The third-order valence-electron chi connectivity index (χ3n) is 5.59.